The predicted octanol–water partition coefficient (Wildman–Crippen LogP) is 8.31. The van der Waals surface area contributed by atoms with E-state index in [-0.39, 0.29) is 16.9 Å². The van der Waals surface area contributed by atoms with Crippen LogP contribution >= 0.6 is 0 Å². The van der Waals surface area contributed by atoms with Crippen LogP contribution in [0.5, 0.6) is 0 Å². The Hall–Kier alpha value is -0.529. The highest BCUT2D eigenvalue weighted by Gasteiger charge is 2.70. The summed E-state index contributed by atoms with van der Waals surface area (Å²) in [5.74, 6) is 2.36. The number of oxime groups is 2. The SMILES string of the molecule is CO/N=C1\CC[C@@]2(C)[C@@H](CC[C@@H]3[C@@H]2[C@@H](O[Si](C)(C)C)C[C@@]2(C)[C@H]3CC[C@]2(O[Si](C)(C)C)/C(CO[Si](C)(C)C)=N/OC)C1. The molecule has 0 aromatic rings. The van der Waals surface area contributed by atoms with Crippen molar-refractivity contribution < 1.29 is 23.0 Å². The molecule has 0 radical (unpaired) electrons. The number of hydrogen-bond acceptors (Lipinski definition) is 7. The van der Waals surface area contributed by atoms with Gasteiger partial charge in [0, 0.05) is 11.5 Å². The van der Waals surface area contributed by atoms with E-state index in [9.17, 15) is 0 Å². The molecule has 10 heteroatoms. The first-order valence-corrected chi connectivity index (χ1v) is 26.7. The lowest BCUT2D eigenvalue weighted by Gasteiger charge is -2.64. The third-order valence-electron chi connectivity index (χ3n) is 11.0. The number of rotatable bonds is 10. The zero-order chi connectivity index (χ0) is 31.4. The van der Waals surface area contributed by atoms with Crippen molar-refractivity contribution in [3.8, 4) is 0 Å². The topological polar surface area (TPSA) is 70.9 Å². The minimum absolute atomic E-state index is 0.112. The Bertz CT molecular complexity index is 1030. The van der Waals surface area contributed by atoms with Crippen molar-refractivity contribution in [3.05, 3.63) is 0 Å². The van der Waals surface area contributed by atoms with Gasteiger partial charge in [-0.2, -0.15) is 0 Å². The molecule has 0 spiro atoms. The molecular weight excluding hydrogens is 577 g/mol. The minimum atomic E-state index is -1.99. The lowest BCUT2D eigenvalue weighted by Crippen LogP contribution is -2.66. The van der Waals surface area contributed by atoms with Gasteiger partial charge in [-0.1, -0.05) is 24.2 Å². The third-order valence-corrected chi connectivity index (χ3v) is 14.0. The number of fused-ring (bicyclic) bond motifs is 5. The second kappa shape index (κ2) is 12.0. The maximum Gasteiger partial charge on any atom is 0.185 e. The molecule has 4 saturated carbocycles. The van der Waals surface area contributed by atoms with Crippen molar-refractivity contribution in [2.75, 3.05) is 20.8 Å². The van der Waals surface area contributed by atoms with E-state index in [1.165, 1.54) is 25.0 Å². The maximum absolute atomic E-state index is 7.46. The molecule has 0 unspecified atom stereocenters. The molecule has 0 N–H and O–H groups in total. The largest absolute Gasteiger partial charge is 0.414 e. The number of hydrogen-bond donors (Lipinski definition) is 0. The van der Waals surface area contributed by atoms with Gasteiger partial charge in [-0.3, -0.25) is 0 Å². The monoisotopic (exact) mass is 638 g/mol. The van der Waals surface area contributed by atoms with E-state index in [2.05, 4.69) is 77.9 Å². The maximum atomic E-state index is 7.46. The highest BCUT2D eigenvalue weighted by molar-refractivity contribution is 6.70. The van der Waals surface area contributed by atoms with Crippen LogP contribution in [0, 0.1) is 34.5 Å². The average Bonchev–Trinajstić information content (AvgIpc) is 3.11. The van der Waals surface area contributed by atoms with Gasteiger partial charge >= 0.3 is 0 Å². The van der Waals surface area contributed by atoms with Crippen molar-refractivity contribution in [1.29, 1.82) is 0 Å². The average molecular weight is 639 g/mol. The standard InChI is InChI=1S/C32H62N2O5Si3/c1-30-18-16-24(33-35-3)20-23(30)14-15-25-26-17-19-32(39-42(11,12)13,28(34-36-4)22-37-40(5,6)7)31(26,2)21-27(29(25)30)38-41(8,9)10/h23,25-27,29H,14-22H2,1-13H3/b33-24+,34-28+/t23-,25-,26-,27-,29+,30-,31-,32-/m0/s1. The smallest absolute Gasteiger partial charge is 0.185 e. The summed E-state index contributed by atoms with van der Waals surface area (Å²) in [6.45, 7) is 26.4. The van der Waals surface area contributed by atoms with Gasteiger partial charge in [0.2, 0.25) is 0 Å². The molecule has 7 nitrogen and oxygen atoms in total. The second-order valence-corrected chi connectivity index (χ2v) is 30.6. The summed E-state index contributed by atoms with van der Waals surface area (Å²) < 4.78 is 21.4. The van der Waals surface area contributed by atoms with Crippen LogP contribution in [-0.4, -0.2) is 68.9 Å². The summed E-state index contributed by atoms with van der Waals surface area (Å²) in [5.41, 5.74) is 1.83. The molecule has 42 heavy (non-hydrogen) atoms. The Balaban J connectivity index is 1.82. The molecule has 4 fully saturated rings. The normalized spacial score (nSPS) is 40.4. The molecule has 0 heterocycles. The van der Waals surface area contributed by atoms with Crippen molar-refractivity contribution in [3.63, 3.8) is 0 Å². The van der Waals surface area contributed by atoms with E-state index in [1.807, 2.05) is 0 Å². The van der Waals surface area contributed by atoms with Crippen molar-refractivity contribution in [2.24, 2.45) is 44.8 Å². The van der Waals surface area contributed by atoms with Gasteiger partial charge in [0.15, 0.2) is 25.0 Å². The predicted molar refractivity (Wildman–Crippen MR) is 181 cm³/mol. The van der Waals surface area contributed by atoms with Gasteiger partial charge < -0.3 is 23.0 Å². The Labute approximate surface area is 260 Å². The van der Waals surface area contributed by atoms with Gasteiger partial charge in [0.05, 0.1) is 12.3 Å². The third kappa shape index (κ3) is 6.69. The highest BCUT2D eigenvalue weighted by atomic mass is 28.4. The van der Waals surface area contributed by atoms with E-state index in [4.69, 9.17) is 28.1 Å². The van der Waals surface area contributed by atoms with Crippen LogP contribution in [0.2, 0.25) is 58.9 Å². The molecule has 0 saturated heterocycles. The summed E-state index contributed by atoms with van der Waals surface area (Å²) in [7, 11) is -2.27. The zero-order valence-corrected chi connectivity index (χ0v) is 32.2. The summed E-state index contributed by atoms with van der Waals surface area (Å²) in [4.78, 5) is 10.8. The molecule has 0 bridgehead atoms. The van der Waals surface area contributed by atoms with Crippen LogP contribution < -0.4 is 0 Å². The van der Waals surface area contributed by atoms with Crippen LogP contribution in [0.1, 0.15) is 65.2 Å². The molecule has 0 aromatic heterocycles. The number of nitrogens with zero attached hydrogens (tertiary/aromatic N) is 2. The molecule has 0 aliphatic heterocycles. The molecule has 4 rings (SSSR count). The first-order chi connectivity index (χ1) is 19.3. The molecule has 4 aliphatic carbocycles. The van der Waals surface area contributed by atoms with Crippen LogP contribution in [0.3, 0.4) is 0 Å². The van der Waals surface area contributed by atoms with Crippen LogP contribution in [-0.2, 0) is 23.0 Å². The molecule has 8 atom stereocenters. The second-order valence-electron chi connectivity index (χ2n) is 17.2. The van der Waals surface area contributed by atoms with Gasteiger partial charge in [0.25, 0.3) is 0 Å². The van der Waals surface area contributed by atoms with Crippen LogP contribution in [0.4, 0.5) is 0 Å². The van der Waals surface area contributed by atoms with E-state index in [0.29, 0.717) is 30.3 Å². The van der Waals surface area contributed by atoms with Crippen molar-refractivity contribution in [2.45, 2.75) is 136 Å². The van der Waals surface area contributed by atoms with Crippen molar-refractivity contribution >= 4 is 36.4 Å². The van der Waals surface area contributed by atoms with E-state index in [0.717, 1.165) is 37.8 Å². The summed E-state index contributed by atoms with van der Waals surface area (Å²) in [5, 5.41) is 9.19. The Morgan fingerprint density at radius 2 is 1.55 bits per heavy atom. The first kappa shape index (κ1) is 34.3. The summed E-state index contributed by atoms with van der Waals surface area (Å²) >= 11 is 0. The Kier molecular flexibility index (Phi) is 9.82. The molecule has 242 valence electrons. The van der Waals surface area contributed by atoms with Gasteiger partial charge in [-0.05, 0) is 139 Å². The van der Waals surface area contributed by atoms with Crippen molar-refractivity contribution in [1.82, 2.24) is 0 Å². The fourth-order valence-electron chi connectivity index (χ4n) is 9.75. The van der Waals surface area contributed by atoms with E-state index >= 15 is 0 Å². The molecular formula is C32H62N2O5Si3. The summed E-state index contributed by atoms with van der Waals surface area (Å²) in [6, 6.07) is 0. The first-order valence-electron chi connectivity index (χ1n) is 16.5. The lowest BCUT2D eigenvalue weighted by molar-refractivity contribution is -0.171. The van der Waals surface area contributed by atoms with E-state index in [1.54, 1.807) is 14.2 Å². The van der Waals surface area contributed by atoms with Crippen LogP contribution in [0.25, 0.3) is 0 Å². The quantitative estimate of drug-likeness (QED) is 0.137. The summed E-state index contributed by atoms with van der Waals surface area (Å²) in [6.07, 6.45) is 9.13. The molecule has 0 amide bonds. The van der Waals surface area contributed by atoms with Gasteiger partial charge in [0.1, 0.15) is 25.5 Å². The molecule has 0 aromatic carbocycles. The molecule has 4 aliphatic rings. The van der Waals surface area contributed by atoms with Gasteiger partial charge in [-0.25, -0.2) is 0 Å². The Morgan fingerprint density at radius 1 is 0.857 bits per heavy atom. The lowest BCUT2D eigenvalue weighted by atomic mass is 9.43. The zero-order valence-electron chi connectivity index (χ0n) is 29.2. The van der Waals surface area contributed by atoms with Crippen LogP contribution in [0.15, 0.2) is 10.3 Å². The Morgan fingerprint density at radius 3 is 2.12 bits per heavy atom. The highest BCUT2D eigenvalue weighted by Crippen LogP contribution is 2.70. The van der Waals surface area contributed by atoms with Gasteiger partial charge in [-0.15, -0.1) is 0 Å². The minimum Gasteiger partial charge on any atom is -0.414 e. The fourth-order valence-corrected chi connectivity index (χ4v) is 13.0. The fraction of sp³-hybridized carbons (Fsp3) is 0.938. The van der Waals surface area contributed by atoms with E-state index < -0.39 is 30.6 Å².